The lowest BCUT2D eigenvalue weighted by molar-refractivity contribution is 0.0130. The van der Waals surface area contributed by atoms with Gasteiger partial charge in [0.25, 0.3) is 0 Å². The van der Waals surface area contributed by atoms with Gasteiger partial charge in [-0.3, -0.25) is 0 Å². The van der Waals surface area contributed by atoms with Crippen LogP contribution in [0.15, 0.2) is 10.6 Å². The molecule has 1 saturated heterocycles. The molecule has 0 radical (unpaired) electrons. The Morgan fingerprint density at radius 1 is 1.50 bits per heavy atom. The maximum absolute atomic E-state index is 5.59. The number of aromatic nitrogens is 1. The van der Waals surface area contributed by atoms with Gasteiger partial charge in [-0.25, -0.2) is 4.98 Å². The monoisotopic (exact) mass is 196 g/mol. The molecular weight excluding hydrogens is 180 g/mol. The van der Waals surface area contributed by atoms with Crippen LogP contribution in [0.3, 0.4) is 0 Å². The number of hydrogen-bond acceptors (Lipinski definition) is 4. The fourth-order valence-corrected chi connectivity index (χ4v) is 1.70. The van der Waals surface area contributed by atoms with Crippen LogP contribution in [0.2, 0.25) is 0 Å². The van der Waals surface area contributed by atoms with E-state index >= 15 is 0 Å². The third kappa shape index (κ3) is 2.33. The third-order valence-corrected chi connectivity index (χ3v) is 2.48. The smallest absolute Gasteiger partial charge is 0.197 e. The zero-order chi connectivity index (χ0) is 9.80. The van der Waals surface area contributed by atoms with Crippen molar-refractivity contribution in [2.75, 3.05) is 6.61 Å². The van der Waals surface area contributed by atoms with Gasteiger partial charge >= 0.3 is 0 Å². The van der Waals surface area contributed by atoms with Gasteiger partial charge in [-0.2, -0.15) is 0 Å². The van der Waals surface area contributed by atoms with E-state index in [0.29, 0.717) is 6.54 Å². The third-order valence-electron chi connectivity index (χ3n) is 2.48. The standard InChI is InChI=1S/C10H16N2O2/c11-6-9-7-12-10(14-9)5-8-3-1-2-4-13-8/h7-8H,1-6,11H2. The lowest BCUT2D eigenvalue weighted by Crippen LogP contribution is -2.21. The Bertz CT molecular complexity index is 279. The lowest BCUT2D eigenvalue weighted by atomic mass is 10.1. The van der Waals surface area contributed by atoms with Crippen molar-refractivity contribution in [3.05, 3.63) is 17.8 Å². The van der Waals surface area contributed by atoms with Crippen LogP contribution in [0.4, 0.5) is 0 Å². The van der Waals surface area contributed by atoms with Crippen LogP contribution in [0.5, 0.6) is 0 Å². The van der Waals surface area contributed by atoms with Gasteiger partial charge in [-0.05, 0) is 19.3 Å². The van der Waals surface area contributed by atoms with Crippen LogP contribution in [0, 0.1) is 0 Å². The van der Waals surface area contributed by atoms with Crippen LogP contribution in [0.25, 0.3) is 0 Å². The SMILES string of the molecule is NCc1cnc(CC2CCCCO2)o1. The molecule has 2 N–H and O–H groups in total. The van der Waals surface area contributed by atoms with E-state index in [1.165, 1.54) is 12.8 Å². The molecule has 1 fully saturated rings. The average molecular weight is 196 g/mol. The first-order chi connectivity index (χ1) is 6.88. The van der Waals surface area contributed by atoms with E-state index in [0.717, 1.165) is 31.1 Å². The van der Waals surface area contributed by atoms with E-state index in [-0.39, 0.29) is 6.10 Å². The fourth-order valence-electron chi connectivity index (χ4n) is 1.70. The Labute approximate surface area is 83.4 Å². The highest BCUT2D eigenvalue weighted by atomic mass is 16.5. The second-order valence-electron chi connectivity index (χ2n) is 3.62. The number of rotatable bonds is 3. The molecule has 0 aromatic carbocycles. The van der Waals surface area contributed by atoms with E-state index in [1.54, 1.807) is 6.20 Å². The Hall–Kier alpha value is -0.870. The van der Waals surface area contributed by atoms with Crippen molar-refractivity contribution >= 4 is 0 Å². The molecule has 0 aliphatic carbocycles. The minimum Gasteiger partial charge on any atom is -0.444 e. The Kier molecular flexibility index (Phi) is 3.16. The van der Waals surface area contributed by atoms with Crippen molar-refractivity contribution in [1.29, 1.82) is 0 Å². The van der Waals surface area contributed by atoms with Crippen LogP contribution in [0.1, 0.15) is 30.9 Å². The van der Waals surface area contributed by atoms with E-state index in [4.69, 9.17) is 14.9 Å². The summed E-state index contributed by atoms with van der Waals surface area (Å²) in [5, 5.41) is 0. The van der Waals surface area contributed by atoms with E-state index in [9.17, 15) is 0 Å². The summed E-state index contributed by atoms with van der Waals surface area (Å²) in [7, 11) is 0. The Balaban J connectivity index is 1.89. The minimum atomic E-state index is 0.285. The molecule has 1 unspecified atom stereocenters. The zero-order valence-corrected chi connectivity index (χ0v) is 8.24. The molecular formula is C10H16N2O2. The van der Waals surface area contributed by atoms with Gasteiger partial charge in [0.15, 0.2) is 5.89 Å². The Morgan fingerprint density at radius 2 is 2.43 bits per heavy atom. The fraction of sp³-hybridized carbons (Fsp3) is 0.700. The number of nitrogens with two attached hydrogens (primary N) is 1. The topological polar surface area (TPSA) is 61.3 Å². The molecule has 1 atom stereocenters. The molecule has 14 heavy (non-hydrogen) atoms. The van der Waals surface area contributed by atoms with Gasteiger partial charge in [0.1, 0.15) is 5.76 Å². The van der Waals surface area contributed by atoms with Crippen molar-refractivity contribution in [3.8, 4) is 0 Å². The molecule has 1 aliphatic heterocycles. The molecule has 2 heterocycles. The summed E-state index contributed by atoms with van der Waals surface area (Å²) in [5.74, 6) is 1.49. The molecule has 1 aromatic rings. The highest BCUT2D eigenvalue weighted by Crippen LogP contribution is 2.17. The quantitative estimate of drug-likeness (QED) is 0.790. The maximum atomic E-state index is 5.59. The molecule has 2 rings (SSSR count). The predicted molar refractivity (Wildman–Crippen MR) is 51.7 cm³/mol. The summed E-state index contributed by atoms with van der Waals surface area (Å²) >= 11 is 0. The molecule has 0 saturated carbocycles. The van der Waals surface area contributed by atoms with E-state index in [2.05, 4.69) is 4.98 Å². The van der Waals surface area contributed by atoms with Gasteiger partial charge in [-0.1, -0.05) is 0 Å². The second kappa shape index (κ2) is 4.57. The van der Waals surface area contributed by atoms with Gasteiger partial charge in [-0.15, -0.1) is 0 Å². The summed E-state index contributed by atoms with van der Waals surface area (Å²) in [6.07, 6.45) is 6.29. The first kappa shape index (κ1) is 9.68. The Morgan fingerprint density at radius 3 is 3.07 bits per heavy atom. The van der Waals surface area contributed by atoms with Crippen LogP contribution in [-0.4, -0.2) is 17.7 Å². The minimum absolute atomic E-state index is 0.285. The van der Waals surface area contributed by atoms with Gasteiger partial charge in [0.05, 0.1) is 25.3 Å². The first-order valence-electron chi connectivity index (χ1n) is 5.13. The molecule has 4 heteroatoms. The van der Waals surface area contributed by atoms with Crippen molar-refractivity contribution in [2.45, 2.75) is 38.3 Å². The number of ether oxygens (including phenoxy) is 1. The largest absolute Gasteiger partial charge is 0.444 e. The van der Waals surface area contributed by atoms with Crippen molar-refractivity contribution < 1.29 is 9.15 Å². The van der Waals surface area contributed by atoms with Crippen molar-refractivity contribution in [2.24, 2.45) is 5.73 Å². The molecule has 0 bridgehead atoms. The van der Waals surface area contributed by atoms with Crippen LogP contribution >= 0.6 is 0 Å². The van der Waals surface area contributed by atoms with Gasteiger partial charge in [0, 0.05) is 6.61 Å². The maximum Gasteiger partial charge on any atom is 0.197 e. The molecule has 1 aromatic heterocycles. The lowest BCUT2D eigenvalue weighted by Gasteiger charge is -2.20. The number of oxazole rings is 1. The number of hydrogen-bond donors (Lipinski definition) is 1. The second-order valence-corrected chi connectivity index (χ2v) is 3.62. The van der Waals surface area contributed by atoms with Gasteiger partial charge < -0.3 is 14.9 Å². The summed E-state index contributed by atoms with van der Waals surface area (Å²) in [4.78, 5) is 4.15. The molecule has 0 spiro atoms. The highest BCUT2D eigenvalue weighted by molar-refractivity contribution is 4.94. The highest BCUT2D eigenvalue weighted by Gasteiger charge is 2.16. The van der Waals surface area contributed by atoms with Crippen LogP contribution in [-0.2, 0) is 17.7 Å². The summed E-state index contributed by atoms with van der Waals surface area (Å²) < 4.78 is 11.0. The molecule has 0 amide bonds. The van der Waals surface area contributed by atoms with E-state index < -0.39 is 0 Å². The van der Waals surface area contributed by atoms with Crippen LogP contribution < -0.4 is 5.73 Å². The van der Waals surface area contributed by atoms with Crippen molar-refractivity contribution in [3.63, 3.8) is 0 Å². The predicted octanol–water partition coefficient (Wildman–Crippen LogP) is 1.24. The average Bonchev–Trinajstić information content (AvgIpc) is 2.67. The summed E-state index contributed by atoms with van der Waals surface area (Å²) in [6, 6.07) is 0. The zero-order valence-electron chi connectivity index (χ0n) is 8.24. The van der Waals surface area contributed by atoms with Crippen molar-refractivity contribution in [1.82, 2.24) is 4.98 Å². The van der Waals surface area contributed by atoms with E-state index in [1.807, 2.05) is 0 Å². The summed E-state index contributed by atoms with van der Waals surface area (Å²) in [5.41, 5.74) is 5.43. The summed E-state index contributed by atoms with van der Waals surface area (Å²) in [6.45, 7) is 1.29. The molecule has 1 aliphatic rings. The first-order valence-corrected chi connectivity index (χ1v) is 5.13. The normalized spacial score (nSPS) is 22.5. The number of nitrogens with zero attached hydrogens (tertiary/aromatic N) is 1. The molecule has 78 valence electrons. The van der Waals surface area contributed by atoms with Gasteiger partial charge in [0.2, 0.25) is 0 Å². The molecule has 4 nitrogen and oxygen atoms in total.